The lowest BCUT2D eigenvalue weighted by molar-refractivity contribution is -0.688. The number of carbonyl (C=O) groups is 1. The van der Waals surface area contributed by atoms with Gasteiger partial charge in [0, 0.05) is 5.56 Å². The lowest BCUT2D eigenvalue weighted by Gasteiger charge is -2.12. The fourth-order valence-corrected chi connectivity index (χ4v) is 2.20. The zero-order chi connectivity index (χ0) is 16.1. The second-order valence-electron chi connectivity index (χ2n) is 5.33. The van der Waals surface area contributed by atoms with Gasteiger partial charge in [-0.05, 0) is 32.0 Å². The van der Waals surface area contributed by atoms with E-state index in [9.17, 15) is 9.18 Å². The third-order valence-electron chi connectivity index (χ3n) is 3.43. The van der Waals surface area contributed by atoms with Gasteiger partial charge in [-0.15, -0.1) is 0 Å². The van der Waals surface area contributed by atoms with Crippen LogP contribution in [0.4, 0.5) is 10.1 Å². The Morgan fingerprint density at radius 3 is 2.59 bits per heavy atom. The molecule has 1 atom stereocenters. The molecule has 0 aromatic heterocycles. The van der Waals surface area contributed by atoms with Crippen LogP contribution in [0.3, 0.4) is 0 Å². The average Bonchev–Trinajstić information content (AvgIpc) is 2.49. The topological polar surface area (TPSA) is 45.7 Å². The number of aryl methyl sites for hydroxylation is 1. The first-order valence-corrected chi connectivity index (χ1v) is 7.48. The molecule has 2 aromatic carbocycles. The highest BCUT2D eigenvalue weighted by Crippen LogP contribution is 2.22. The van der Waals surface area contributed by atoms with Crippen molar-refractivity contribution in [3.05, 3.63) is 64.4 Å². The first kappa shape index (κ1) is 16.5. The fraction of sp³-hybridized carbons (Fsp3) is 0.235. The maximum atomic E-state index is 13.0. The Bertz CT molecular complexity index is 658. The first-order chi connectivity index (χ1) is 10.5. The second-order valence-corrected chi connectivity index (χ2v) is 5.73. The van der Waals surface area contributed by atoms with Crippen molar-refractivity contribution in [2.45, 2.75) is 26.4 Å². The lowest BCUT2D eigenvalue weighted by atomic mass is 10.1. The monoisotopic (exact) mass is 321 g/mol. The largest absolute Gasteiger partial charge is 0.333 e. The standard InChI is InChI=1S/C17H18ClFN2O/c1-11-3-5-13(6-4-11)10-20-12(2)17(22)21-16-8-7-14(19)9-15(16)18/h3-9,12,20H,10H2,1-2H3,(H,21,22)/p+1/t12-/m1/s1. The van der Waals surface area contributed by atoms with E-state index in [-0.39, 0.29) is 17.0 Å². The highest BCUT2D eigenvalue weighted by atomic mass is 35.5. The summed E-state index contributed by atoms with van der Waals surface area (Å²) < 4.78 is 13.0. The summed E-state index contributed by atoms with van der Waals surface area (Å²) in [5.41, 5.74) is 2.79. The molecule has 0 aliphatic heterocycles. The van der Waals surface area contributed by atoms with Gasteiger partial charge < -0.3 is 10.6 Å². The Kier molecular flexibility index (Phi) is 5.52. The summed E-state index contributed by atoms with van der Waals surface area (Å²) in [5, 5.41) is 4.85. The zero-order valence-corrected chi connectivity index (χ0v) is 13.3. The van der Waals surface area contributed by atoms with Gasteiger partial charge in [-0.25, -0.2) is 4.39 Å². The summed E-state index contributed by atoms with van der Waals surface area (Å²) >= 11 is 5.90. The summed E-state index contributed by atoms with van der Waals surface area (Å²) in [7, 11) is 0. The Balaban J connectivity index is 1.90. The molecule has 0 heterocycles. The molecule has 2 aromatic rings. The van der Waals surface area contributed by atoms with E-state index in [0.717, 1.165) is 5.56 Å². The number of rotatable bonds is 5. The van der Waals surface area contributed by atoms with Crippen molar-refractivity contribution in [2.75, 3.05) is 5.32 Å². The van der Waals surface area contributed by atoms with Crippen LogP contribution in [0.2, 0.25) is 5.02 Å². The number of halogens is 2. The van der Waals surface area contributed by atoms with E-state index >= 15 is 0 Å². The first-order valence-electron chi connectivity index (χ1n) is 7.10. The molecule has 0 radical (unpaired) electrons. The minimum absolute atomic E-state index is 0.166. The van der Waals surface area contributed by atoms with E-state index < -0.39 is 5.82 Å². The van der Waals surface area contributed by atoms with E-state index in [1.165, 1.54) is 23.8 Å². The van der Waals surface area contributed by atoms with Gasteiger partial charge in [-0.3, -0.25) is 4.79 Å². The Hall–Kier alpha value is -1.91. The molecule has 116 valence electrons. The number of amides is 1. The van der Waals surface area contributed by atoms with Crippen LogP contribution in [0.25, 0.3) is 0 Å². The van der Waals surface area contributed by atoms with Crippen LogP contribution in [0.1, 0.15) is 18.1 Å². The van der Waals surface area contributed by atoms with E-state index in [0.29, 0.717) is 12.2 Å². The van der Waals surface area contributed by atoms with Gasteiger partial charge in [0.25, 0.3) is 5.91 Å². The highest BCUT2D eigenvalue weighted by Gasteiger charge is 2.17. The molecule has 1 amide bonds. The Morgan fingerprint density at radius 1 is 1.27 bits per heavy atom. The van der Waals surface area contributed by atoms with Crippen molar-refractivity contribution in [3.8, 4) is 0 Å². The molecular weight excluding hydrogens is 303 g/mol. The van der Waals surface area contributed by atoms with Crippen LogP contribution >= 0.6 is 11.6 Å². The smallest absolute Gasteiger partial charge is 0.282 e. The van der Waals surface area contributed by atoms with Crippen LogP contribution in [0, 0.1) is 12.7 Å². The second kappa shape index (κ2) is 7.38. The maximum Gasteiger partial charge on any atom is 0.282 e. The molecular formula is C17H19ClFN2O+. The van der Waals surface area contributed by atoms with Gasteiger partial charge in [-0.1, -0.05) is 41.4 Å². The Labute approximate surface area is 134 Å². The lowest BCUT2D eigenvalue weighted by Crippen LogP contribution is -2.90. The van der Waals surface area contributed by atoms with Gasteiger partial charge in [0.15, 0.2) is 6.04 Å². The van der Waals surface area contributed by atoms with Gasteiger partial charge >= 0.3 is 0 Å². The summed E-state index contributed by atoms with van der Waals surface area (Å²) in [5.74, 6) is -0.595. The molecule has 0 fully saturated rings. The number of benzene rings is 2. The minimum Gasteiger partial charge on any atom is -0.333 e. The number of hydrogen-bond donors (Lipinski definition) is 2. The molecule has 3 nitrogen and oxygen atoms in total. The third kappa shape index (κ3) is 4.55. The molecule has 0 unspecified atom stereocenters. The molecule has 0 spiro atoms. The number of carbonyl (C=O) groups excluding carboxylic acids is 1. The summed E-state index contributed by atoms with van der Waals surface area (Å²) in [6, 6.07) is 11.8. The highest BCUT2D eigenvalue weighted by molar-refractivity contribution is 6.33. The average molecular weight is 322 g/mol. The molecule has 22 heavy (non-hydrogen) atoms. The summed E-state index contributed by atoms with van der Waals surface area (Å²) in [6.07, 6.45) is 0. The van der Waals surface area contributed by atoms with E-state index in [2.05, 4.69) is 5.32 Å². The molecule has 0 aliphatic rings. The number of quaternary nitrogens is 1. The van der Waals surface area contributed by atoms with Crippen LogP contribution < -0.4 is 10.6 Å². The zero-order valence-electron chi connectivity index (χ0n) is 12.6. The van der Waals surface area contributed by atoms with Crippen LogP contribution in [0.5, 0.6) is 0 Å². The number of nitrogens with two attached hydrogens (primary N) is 1. The van der Waals surface area contributed by atoms with Crippen LogP contribution in [0.15, 0.2) is 42.5 Å². The van der Waals surface area contributed by atoms with Crippen molar-refractivity contribution in [2.24, 2.45) is 0 Å². The van der Waals surface area contributed by atoms with Gasteiger partial charge in [0.05, 0.1) is 10.7 Å². The van der Waals surface area contributed by atoms with Gasteiger partial charge in [0.2, 0.25) is 0 Å². The Morgan fingerprint density at radius 2 is 1.95 bits per heavy atom. The van der Waals surface area contributed by atoms with Crippen molar-refractivity contribution < 1.29 is 14.5 Å². The maximum absolute atomic E-state index is 13.0. The predicted octanol–water partition coefficient (Wildman–Crippen LogP) is 2.88. The molecule has 2 rings (SSSR count). The van der Waals surface area contributed by atoms with Crippen molar-refractivity contribution in [3.63, 3.8) is 0 Å². The molecule has 0 saturated carbocycles. The molecule has 0 aliphatic carbocycles. The molecule has 0 saturated heterocycles. The normalized spacial score (nSPS) is 12.0. The number of hydrogen-bond acceptors (Lipinski definition) is 1. The van der Waals surface area contributed by atoms with E-state index in [1.807, 2.05) is 43.4 Å². The third-order valence-corrected chi connectivity index (χ3v) is 3.74. The van der Waals surface area contributed by atoms with Gasteiger partial charge in [0.1, 0.15) is 12.4 Å². The quantitative estimate of drug-likeness (QED) is 0.874. The van der Waals surface area contributed by atoms with Gasteiger partial charge in [-0.2, -0.15) is 0 Å². The van der Waals surface area contributed by atoms with Crippen molar-refractivity contribution in [1.29, 1.82) is 0 Å². The molecule has 3 N–H and O–H groups in total. The fourth-order valence-electron chi connectivity index (χ4n) is 1.98. The molecule has 5 heteroatoms. The predicted molar refractivity (Wildman–Crippen MR) is 86.3 cm³/mol. The van der Waals surface area contributed by atoms with E-state index in [1.54, 1.807) is 0 Å². The van der Waals surface area contributed by atoms with Crippen LogP contribution in [-0.2, 0) is 11.3 Å². The van der Waals surface area contributed by atoms with Crippen molar-refractivity contribution >= 4 is 23.2 Å². The summed E-state index contributed by atoms with van der Waals surface area (Å²) in [6.45, 7) is 4.57. The van der Waals surface area contributed by atoms with Crippen molar-refractivity contribution in [1.82, 2.24) is 0 Å². The van der Waals surface area contributed by atoms with E-state index in [4.69, 9.17) is 11.6 Å². The number of anilines is 1. The number of nitrogens with one attached hydrogen (secondary N) is 1. The molecule has 0 bridgehead atoms. The summed E-state index contributed by atoms with van der Waals surface area (Å²) in [4.78, 5) is 12.1. The minimum atomic E-state index is -0.429. The van der Waals surface area contributed by atoms with Crippen LogP contribution in [-0.4, -0.2) is 11.9 Å². The SMILES string of the molecule is Cc1ccc(C[NH2+][C@H](C)C(=O)Nc2ccc(F)cc2Cl)cc1.